The SMILES string of the molecule is COc1ccc(CN2CCCCC2)cc1F. The molecule has 0 radical (unpaired) electrons. The zero-order valence-corrected chi connectivity index (χ0v) is 9.71. The Kier molecular flexibility index (Phi) is 3.78. The van der Waals surface area contributed by atoms with Gasteiger partial charge in [-0.1, -0.05) is 12.5 Å². The van der Waals surface area contributed by atoms with Crippen molar-refractivity contribution in [2.45, 2.75) is 25.8 Å². The van der Waals surface area contributed by atoms with Gasteiger partial charge in [0.25, 0.3) is 0 Å². The van der Waals surface area contributed by atoms with Crippen molar-refractivity contribution in [3.63, 3.8) is 0 Å². The van der Waals surface area contributed by atoms with Crippen molar-refractivity contribution in [1.82, 2.24) is 4.90 Å². The Morgan fingerprint density at radius 3 is 2.62 bits per heavy atom. The maximum absolute atomic E-state index is 13.5. The van der Waals surface area contributed by atoms with E-state index in [1.807, 2.05) is 6.07 Å². The van der Waals surface area contributed by atoms with Gasteiger partial charge in [0.2, 0.25) is 0 Å². The molecule has 1 aliphatic heterocycles. The highest BCUT2D eigenvalue weighted by Crippen LogP contribution is 2.19. The van der Waals surface area contributed by atoms with Crippen LogP contribution in [0.1, 0.15) is 24.8 Å². The van der Waals surface area contributed by atoms with Gasteiger partial charge in [0.05, 0.1) is 7.11 Å². The number of benzene rings is 1. The van der Waals surface area contributed by atoms with Crippen LogP contribution < -0.4 is 4.74 Å². The molecule has 0 N–H and O–H groups in total. The van der Waals surface area contributed by atoms with Gasteiger partial charge in [0.15, 0.2) is 11.6 Å². The van der Waals surface area contributed by atoms with Crippen LogP contribution in [0, 0.1) is 5.82 Å². The van der Waals surface area contributed by atoms with Gasteiger partial charge in [0, 0.05) is 6.54 Å². The quantitative estimate of drug-likeness (QED) is 0.781. The van der Waals surface area contributed by atoms with Crippen molar-refractivity contribution in [3.05, 3.63) is 29.6 Å². The minimum atomic E-state index is -0.267. The lowest BCUT2D eigenvalue weighted by molar-refractivity contribution is 0.220. The van der Waals surface area contributed by atoms with Crippen LogP contribution in [0.2, 0.25) is 0 Å². The van der Waals surface area contributed by atoms with E-state index in [2.05, 4.69) is 4.90 Å². The van der Waals surface area contributed by atoms with Crippen molar-refractivity contribution >= 4 is 0 Å². The molecule has 0 atom stereocenters. The van der Waals surface area contributed by atoms with E-state index >= 15 is 0 Å². The lowest BCUT2D eigenvalue weighted by Crippen LogP contribution is -2.29. The van der Waals surface area contributed by atoms with Crippen LogP contribution in [-0.4, -0.2) is 25.1 Å². The molecule has 0 bridgehead atoms. The first-order chi connectivity index (χ1) is 7.79. The highest BCUT2D eigenvalue weighted by molar-refractivity contribution is 5.29. The van der Waals surface area contributed by atoms with Crippen LogP contribution in [0.4, 0.5) is 4.39 Å². The summed E-state index contributed by atoms with van der Waals surface area (Å²) in [4.78, 5) is 2.38. The third-order valence-corrected chi connectivity index (χ3v) is 3.07. The summed E-state index contributed by atoms with van der Waals surface area (Å²) < 4.78 is 18.4. The van der Waals surface area contributed by atoms with E-state index in [1.54, 1.807) is 12.1 Å². The van der Waals surface area contributed by atoms with Crippen molar-refractivity contribution in [2.24, 2.45) is 0 Å². The lowest BCUT2D eigenvalue weighted by atomic mass is 10.1. The van der Waals surface area contributed by atoms with E-state index in [4.69, 9.17) is 4.74 Å². The molecule has 0 spiro atoms. The van der Waals surface area contributed by atoms with Gasteiger partial charge in [-0.25, -0.2) is 4.39 Å². The van der Waals surface area contributed by atoms with Gasteiger partial charge < -0.3 is 4.74 Å². The topological polar surface area (TPSA) is 12.5 Å². The first kappa shape index (κ1) is 11.4. The second kappa shape index (κ2) is 5.30. The zero-order valence-electron chi connectivity index (χ0n) is 9.71. The molecule has 1 heterocycles. The molecule has 16 heavy (non-hydrogen) atoms. The van der Waals surface area contributed by atoms with Crippen LogP contribution in [0.25, 0.3) is 0 Å². The predicted octanol–water partition coefficient (Wildman–Crippen LogP) is 2.82. The lowest BCUT2D eigenvalue weighted by Gasteiger charge is -2.26. The maximum atomic E-state index is 13.5. The second-order valence-corrected chi connectivity index (χ2v) is 4.31. The summed E-state index contributed by atoms with van der Waals surface area (Å²) in [6.45, 7) is 3.11. The molecule has 0 aromatic heterocycles. The fourth-order valence-electron chi connectivity index (χ4n) is 2.18. The molecule has 3 heteroatoms. The van der Waals surface area contributed by atoms with Gasteiger partial charge in [0.1, 0.15) is 0 Å². The average molecular weight is 223 g/mol. The van der Waals surface area contributed by atoms with E-state index in [9.17, 15) is 4.39 Å². The molecule has 1 aromatic carbocycles. The molecule has 2 nitrogen and oxygen atoms in total. The van der Waals surface area contributed by atoms with Crippen LogP contribution in [-0.2, 0) is 6.54 Å². The van der Waals surface area contributed by atoms with Gasteiger partial charge in [-0.05, 0) is 43.6 Å². The number of nitrogens with zero attached hydrogens (tertiary/aromatic N) is 1. The fourth-order valence-corrected chi connectivity index (χ4v) is 2.18. The van der Waals surface area contributed by atoms with Gasteiger partial charge >= 0.3 is 0 Å². The summed E-state index contributed by atoms with van der Waals surface area (Å²) in [7, 11) is 1.49. The monoisotopic (exact) mass is 223 g/mol. The molecule has 1 aromatic rings. The van der Waals surface area contributed by atoms with Gasteiger partial charge in [-0.15, -0.1) is 0 Å². The summed E-state index contributed by atoms with van der Waals surface area (Å²) in [6, 6.07) is 5.22. The Balaban J connectivity index is 2.01. The molecule has 0 unspecified atom stereocenters. The maximum Gasteiger partial charge on any atom is 0.165 e. The summed E-state index contributed by atoms with van der Waals surface area (Å²) in [6.07, 6.45) is 3.85. The summed E-state index contributed by atoms with van der Waals surface area (Å²) in [5, 5.41) is 0. The highest BCUT2D eigenvalue weighted by Gasteiger charge is 2.11. The van der Waals surface area contributed by atoms with Crippen LogP contribution in [0.3, 0.4) is 0 Å². The molecule has 0 saturated carbocycles. The Labute approximate surface area is 96.0 Å². The summed E-state index contributed by atoms with van der Waals surface area (Å²) in [5.41, 5.74) is 1.03. The highest BCUT2D eigenvalue weighted by atomic mass is 19.1. The van der Waals surface area contributed by atoms with Gasteiger partial charge in [-0.2, -0.15) is 0 Å². The minimum absolute atomic E-state index is 0.267. The number of methoxy groups -OCH3 is 1. The Morgan fingerprint density at radius 2 is 2.00 bits per heavy atom. The first-order valence-corrected chi connectivity index (χ1v) is 5.84. The third kappa shape index (κ3) is 2.73. The normalized spacial score (nSPS) is 17.4. The summed E-state index contributed by atoms with van der Waals surface area (Å²) >= 11 is 0. The standard InChI is InChI=1S/C13H18FNO/c1-16-13-6-5-11(9-12(13)14)10-15-7-3-2-4-8-15/h5-6,9H,2-4,7-8,10H2,1H3. The van der Waals surface area contributed by atoms with Crippen LogP contribution in [0.5, 0.6) is 5.75 Å². The molecular formula is C13H18FNO. The van der Waals surface area contributed by atoms with Crippen molar-refractivity contribution in [1.29, 1.82) is 0 Å². The van der Waals surface area contributed by atoms with E-state index in [-0.39, 0.29) is 5.82 Å². The number of piperidine rings is 1. The van der Waals surface area contributed by atoms with E-state index in [0.29, 0.717) is 5.75 Å². The minimum Gasteiger partial charge on any atom is -0.494 e. The largest absolute Gasteiger partial charge is 0.494 e. The first-order valence-electron chi connectivity index (χ1n) is 5.84. The van der Waals surface area contributed by atoms with Crippen molar-refractivity contribution in [3.8, 4) is 5.75 Å². The molecule has 88 valence electrons. The number of likely N-dealkylation sites (tertiary alicyclic amines) is 1. The Hall–Kier alpha value is -1.09. The summed E-state index contributed by atoms with van der Waals surface area (Å²) in [5.74, 6) is 0.0550. The molecule has 0 amide bonds. The Morgan fingerprint density at radius 1 is 1.25 bits per heavy atom. The molecule has 1 aliphatic rings. The van der Waals surface area contributed by atoms with Crippen LogP contribution in [0.15, 0.2) is 18.2 Å². The fraction of sp³-hybridized carbons (Fsp3) is 0.538. The Bertz CT molecular complexity index is 348. The van der Waals surface area contributed by atoms with E-state index in [0.717, 1.165) is 25.2 Å². The van der Waals surface area contributed by atoms with Crippen molar-refractivity contribution < 1.29 is 9.13 Å². The van der Waals surface area contributed by atoms with Crippen LogP contribution >= 0.6 is 0 Å². The number of rotatable bonds is 3. The van der Waals surface area contributed by atoms with E-state index in [1.165, 1.54) is 26.4 Å². The van der Waals surface area contributed by atoms with Gasteiger partial charge in [-0.3, -0.25) is 4.90 Å². The van der Waals surface area contributed by atoms with Crippen molar-refractivity contribution in [2.75, 3.05) is 20.2 Å². The predicted molar refractivity (Wildman–Crippen MR) is 62.1 cm³/mol. The smallest absolute Gasteiger partial charge is 0.165 e. The molecule has 0 aliphatic carbocycles. The molecule has 1 fully saturated rings. The number of ether oxygens (including phenoxy) is 1. The number of halogens is 1. The second-order valence-electron chi connectivity index (χ2n) is 4.31. The van der Waals surface area contributed by atoms with E-state index < -0.39 is 0 Å². The molecule has 1 saturated heterocycles. The zero-order chi connectivity index (χ0) is 11.4. The molecule has 2 rings (SSSR count). The molecular weight excluding hydrogens is 205 g/mol. The average Bonchev–Trinajstić information content (AvgIpc) is 2.31. The third-order valence-electron chi connectivity index (χ3n) is 3.07. The number of hydrogen-bond acceptors (Lipinski definition) is 2. The number of hydrogen-bond donors (Lipinski definition) is 0.